The molecule has 2 heterocycles. The number of anilines is 2. The van der Waals surface area contributed by atoms with Crippen LogP contribution in [-0.2, 0) is 0 Å². The number of likely N-dealkylation sites (tertiary alicyclic amines) is 1. The van der Waals surface area contributed by atoms with Crippen LogP contribution < -0.4 is 16.0 Å². The maximum absolute atomic E-state index is 13.0. The van der Waals surface area contributed by atoms with E-state index in [2.05, 4.69) is 30.8 Å². The zero-order valence-corrected chi connectivity index (χ0v) is 19.1. The Labute approximate surface area is 202 Å². The number of nitrogens with zero attached hydrogens (tertiary/aromatic N) is 2. The number of carbonyl (C=O) groups excluding carboxylic acids is 3. The topological polar surface area (TPSA) is 119 Å². The van der Waals surface area contributed by atoms with E-state index in [0.717, 1.165) is 19.6 Å². The molecule has 2 aromatic carbocycles. The molecular formula is C25H27FN6O3. The largest absolute Gasteiger partial charge is 0.349 e. The number of hydrogen-bond donors (Lipinski definition) is 4. The van der Waals surface area contributed by atoms with Gasteiger partial charge in [-0.1, -0.05) is 6.42 Å². The molecule has 1 fully saturated rings. The van der Waals surface area contributed by atoms with E-state index in [1.807, 2.05) is 0 Å². The van der Waals surface area contributed by atoms with Gasteiger partial charge in [-0.2, -0.15) is 0 Å². The average Bonchev–Trinajstić information content (AvgIpc) is 3.37. The van der Waals surface area contributed by atoms with Crippen molar-refractivity contribution in [3.8, 4) is 0 Å². The first-order valence-electron chi connectivity index (χ1n) is 11.5. The molecule has 0 aliphatic carbocycles. The van der Waals surface area contributed by atoms with Crippen molar-refractivity contribution in [3.05, 3.63) is 77.6 Å². The molecule has 1 aliphatic rings. The standard InChI is InChI=1S/C25H27FN6O3/c26-18-6-10-20(11-7-18)30-23(33)17-4-8-19(9-5-17)31-25(35)22-21(28-16-29-22)24(34)27-12-15-32-13-2-1-3-14-32/h4-11,16H,1-3,12-15H2,(H,27,34)(H,28,29)(H,30,33)(H,31,35). The molecule has 0 bridgehead atoms. The molecule has 3 amide bonds. The van der Waals surface area contributed by atoms with Crippen LogP contribution in [0.5, 0.6) is 0 Å². The number of nitrogens with one attached hydrogen (secondary N) is 4. The second-order valence-corrected chi connectivity index (χ2v) is 8.28. The van der Waals surface area contributed by atoms with E-state index in [1.165, 1.54) is 49.9 Å². The highest BCUT2D eigenvalue weighted by Crippen LogP contribution is 2.15. The van der Waals surface area contributed by atoms with E-state index < -0.39 is 17.6 Å². The number of aromatic amines is 1. The van der Waals surface area contributed by atoms with Crippen molar-refractivity contribution in [1.82, 2.24) is 20.2 Å². The predicted octanol–water partition coefficient (Wildman–Crippen LogP) is 3.27. The Kier molecular flexibility index (Phi) is 7.84. The third-order valence-corrected chi connectivity index (χ3v) is 5.75. The molecule has 4 rings (SSSR count). The van der Waals surface area contributed by atoms with Gasteiger partial charge in [0.25, 0.3) is 17.7 Å². The summed E-state index contributed by atoms with van der Waals surface area (Å²) in [6.07, 6.45) is 4.91. The minimum Gasteiger partial charge on any atom is -0.349 e. The van der Waals surface area contributed by atoms with E-state index in [1.54, 1.807) is 24.3 Å². The van der Waals surface area contributed by atoms with Gasteiger partial charge in [0.1, 0.15) is 11.5 Å². The Morgan fingerprint density at radius 3 is 2.17 bits per heavy atom. The number of imidazole rings is 1. The SMILES string of the molecule is O=C(Nc1ccc(F)cc1)c1ccc(NC(=O)c2nc[nH]c2C(=O)NCCN2CCCCC2)cc1. The van der Waals surface area contributed by atoms with E-state index in [4.69, 9.17) is 0 Å². The molecule has 0 radical (unpaired) electrons. The third kappa shape index (κ3) is 6.51. The lowest BCUT2D eigenvalue weighted by molar-refractivity contribution is 0.0929. The van der Waals surface area contributed by atoms with Crippen molar-refractivity contribution in [1.29, 1.82) is 0 Å². The maximum atomic E-state index is 13.0. The fourth-order valence-corrected chi connectivity index (χ4v) is 3.87. The van der Waals surface area contributed by atoms with Gasteiger partial charge in [-0.3, -0.25) is 14.4 Å². The number of benzene rings is 2. The molecule has 4 N–H and O–H groups in total. The first kappa shape index (κ1) is 24.1. The molecule has 1 aliphatic heterocycles. The van der Waals surface area contributed by atoms with Gasteiger partial charge in [0.05, 0.1) is 6.33 Å². The molecule has 0 atom stereocenters. The maximum Gasteiger partial charge on any atom is 0.276 e. The summed E-state index contributed by atoms with van der Waals surface area (Å²) < 4.78 is 13.0. The number of aromatic nitrogens is 2. The van der Waals surface area contributed by atoms with E-state index in [-0.39, 0.29) is 17.3 Å². The van der Waals surface area contributed by atoms with E-state index in [9.17, 15) is 18.8 Å². The fourth-order valence-electron chi connectivity index (χ4n) is 3.87. The first-order valence-corrected chi connectivity index (χ1v) is 11.5. The highest BCUT2D eigenvalue weighted by Gasteiger charge is 2.21. The highest BCUT2D eigenvalue weighted by molar-refractivity contribution is 6.10. The van der Waals surface area contributed by atoms with Crippen LogP contribution in [0.2, 0.25) is 0 Å². The van der Waals surface area contributed by atoms with Crippen molar-refractivity contribution in [2.75, 3.05) is 36.8 Å². The Bertz CT molecular complexity index is 1170. The van der Waals surface area contributed by atoms with Crippen molar-refractivity contribution in [3.63, 3.8) is 0 Å². The molecule has 10 heteroatoms. The van der Waals surface area contributed by atoms with Gasteiger partial charge in [-0.25, -0.2) is 9.37 Å². The number of halogens is 1. The average molecular weight is 479 g/mol. The first-order chi connectivity index (χ1) is 17.0. The van der Waals surface area contributed by atoms with Crippen LogP contribution in [0.4, 0.5) is 15.8 Å². The lowest BCUT2D eigenvalue weighted by Gasteiger charge is -2.26. The Morgan fingerprint density at radius 1 is 0.857 bits per heavy atom. The van der Waals surface area contributed by atoms with Crippen molar-refractivity contribution in [2.24, 2.45) is 0 Å². The minimum absolute atomic E-state index is 0.0152. The normalized spacial score (nSPS) is 13.7. The number of piperidine rings is 1. The fraction of sp³-hybridized carbons (Fsp3) is 0.280. The molecule has 0 spiro atoms. The van der Waals surface area contributed by atoms with Crippen LogP contribution in [-0.4, -0.2) is 58.8 Å². The summed E-state index contributed by atoms with van der Waals surface area (Å²) in [5, 5.41) is 8.19. The Hall–Kier alpha value is -4.05. The molecule has 182 valence electrons. The lowest BCUT2D eigenvalue weighted by Crippen LogP contribution is -2.38. The zero-order valence-electron chi connectivity index (χ0n) is 19.1. The Morgan fingerprint density at radius 2 is 1.49 bits per heavy atom. The molecule has 35 heavy (non-hydrogen) atoms. The van der Waals surface area contributed by atoms with E-state index in [0.29, 0.717) is 23.5 Å². The molecule has 0 unspecified atom stereocenters. The van der Waals surface area contributed by atoms with Crippen molar-refractivity contribution < 1.29 is 18.8 Å². The van der Waals surface area contributed by atoms with Crippen LogP contribution in [0, 0.1) is 5.82 Å². The lowest BCUT2D eigenvalue weighted by atomic mass is 10.1. The molecule has 3 aromatic rings. The number of carbonyl (C=O) groups is 3. The summed E-state index contributed by atoms with van der Waals surface area (Å²) in [5.74, 6) is -1.70. The number of rotatable bonds is 8. The predicted molar refractivity (Wildman–Crippen MR) is 130 cm³/mol. The summed E-state index contributed by atoms with van der Waals surface area (Å²) in [4.78, 5) is 46.7. The highest BCUT2D eigenvalue weighted by atomic mass is 19.1. The number of hydrogen-bond acceptors (Lipinski definition) is 5. The van der Waals surface area contributed by atoms with Gasteiger partial charge in [0.15, 0.2) is 5.69 Å². The van der Waals surface area contributed by atoms with Gasteiger partial charge in [-0.15, -0.1) is 0 Å². The molecule has 1 aromatic heterocycles. The molecular weight excluding hydrogens is 451 g/mol. The van der Waals surface area contributed by atoms with Gasteiger partial charge in [0, 0.05) is 30.0 Å². The second kappa shape index (κ2) is 11.4. The minimum atomic E-state index is -0.545. The molecule has 1 saturated heterocycles. The van der Waals surface area contributed by atoms with Crippen LogP contribution in [0.3, 0.4) is 0 Å². The van der Waals surface area contributed by atoms with E-state index >= 15 is 0 Å². The monoisotopic (exact) mass is 478 g/mol. The number of amides is 3. The van der Waals surface area contributed by atoms with Crippen LogP contribution in [0.25, 0.3) is 0 Å². The van der Waals surface area contributed by atoms with Crippen LogP contribution >= 0.6 is 0 Å². The van der Waals surface area contributed by atoms with Gasteiger partial charge in [-0.05, 0) is 74.5 Å². The van der Waals surface area contributed by atoms with Crippen LogP contribution in [0.15, 0.2) is 54.9 Å². The van der Waals surface area contributed by atoms with Gasteiger partial charge in [0.2, 0.25) is 0 Å². The Balaban J connectivity index is 1.31. The van der Waals surface area contributed by atoms with Crippen molar-refractivity contribution >= 4 is 29.1 Å². The quantitative estimate of drug-likeness (QED) is 0.396. The van der Waals surface area contributed by atoms with Crippen molar-refractivity contribution in [2.45, 2.75) is 19.3 Å². The summed E-state index contributed by atoms with van der Waals surface area (Å²) in [6.45, 7) is 3.34. The smallest absolute Gasteiger partial charge is 0.276 e. The summed E-state index contributed by atoms with van der Waals surface area (Å²) in [6, 6.07) is 11.7. The summed E-state index contributed by atoms with van der Waals surface area (Å²) in [5.41, 5.74) is 1.35. The summed E-state index contributed by atoms with van der Waals surface area (Å²) >= 11 is 0. The molecule has 9 nitrogen and oxygen atoms in total. The van der Waals surface area contributed by atoms with Crippen LogP contribution in [0.1, 0.15) is 50.6 Å². The summed E-state index contributed by atoms with van der Waals surface area (Å²) in [7, 11) is 0. The van der Waals surface area contributed by atoms with Gasteiger partial charge < -0.3 is 25.8 Å². The zero-order chi connectivity index (χ0) is 24.6. The second-order valence-electron chi connectivity index (χ2n) is 8.28. The molecule has 0 saturated carbocycles. The third-order valence-electron chi connectivity index (χ3n) is 5.75. The number of H-pyrrole nitrogens is 1. The van der Waals surface area contributed by atoms with Gasteiger partial charge >= 0.3 is 0 Å².